The molecule has 0 spiro atoms. The molecule has 1 saturated carbocycles. The zero-order chi connectivity index (χ0) is 15.1. The lowest BCUT2D eigenvalue weighted by atomic mass is 9.85. The van der Waals surface area contributed by atoms with Crippen molar-refractivity contribution in [2.45, 2.75) is 63.5 Å². The van der Waals surface area contributed by atoms with E-state index in [1.807, 2.05) is 0 Å². The Hall–Kier alpha value is -0.160. The molecule has 0 aromatic heterocycles. The lowest BCUT2D eigenvalue weighted by molar-refractivity contribution is -0.00288. The summed E-state index contributed by atoms with van der Waals surface area (Å²) in [6, 6.07) is 0. The van der Waals surface area contributed by atoms with Gasteiger partial charge < -0.3 is 20.1 Å². The zero-order valence-corrected chi connectivity index (χ0v) is 13.9. The molecule has 124 valence electrons. The number of likely N-dealkylation sites (N-methyl/N-ethyl adjacent to an activating group) is 2. The molecular formula is C17H34N2O2. The normalized spacial score (nSPS) is 33.7. The Bertz CT molecular complexity index is 295. The molecule has 0 aromatic rings. The maximum Gasteiger partial charge on any atom is 0.0701 e. The van der Waals surface area contributed by atoms with Crippen molar-refractivity contribution in [2.75, 3.05) is 39.9 Å². The molecule has 0 amide bonds. The minimum Gasteiger partial charge on any atom is -0.394 e. The third-order valence-electron chi connectivity index (χ3n) is 5.42. The van der Waals surface area contributed by atoms with Gasteiger partial charge in [0.2, 0.25) is 0 Å². The fourth-order valence-corrected chi connectivity index (χ4v) is 4.18. The number of hydrogen-bond donors (Lipinski definition) is 2. The molecule has 0 radical (unpaired) electrons. The van der Waals surface area contributed by atoms with E-state index >= 15 is 0 Å². The van der Waals surface area contributed by atoms with Gasteiger partial charge in [-0.1, -0.05) is 13.3 Å². The van der Waals surface area contributed by atoms with Crippen molar-refractivity contribution in [1.82, 2.24) is 10.2 Å². The number of aliphatic hydroxyl groups excluding tert-OH is 1. The summed E-state index contributed by atoms with van der Waals surface area (Å²) >= 11 is 0. The zero-order valence-electron chi connectivity index (χ0n) is 13.9. The summed E-state index contributed by atoms with van der Waals surface area (Å²) in [6.07, 6.45) is 8.98. The van der Waals surface area contributed by atoms with E-state index in [4.69, 9.17) is 4.74 Å². The van der Waals surface area contributed by atoms with Gasteiger partial charge in [-0.3, -0.25) is 0 Å². The van der Waals surface area contributed by atoms with Gasteiger partial charge >= 0.3 is 0 Å². The first-order chi connectivity index (χ1) is 10.2. The largest absolute Gasteiger partial charge is 0.394 e. The van der Waals surface area contributed by atoms with Crippen LogP contribution < -0.4 is 5.32 Å². The molecule has 0 bridgehead atoms. The third kappa shape index (κ3) is 4.65. The van der Waals surface area contributed by atoms with Crippen LogP contribution >= 0.6 is 0 Å². The summed E-state index contributed by atoms with van der Waals surface area (Å²) in [5.41, 5.74) is -0.0169. The van der Waals surface area contributed by atoms with Gasteiger partial charge in [-0.05, 0) is 64.6 Å². The Balaban J connectivity index is 1.75. The molecule has 2 fully saturated rings. The first kappa shape index (κ1) is 17.2. The van der Waals surface area contributed by atoms with E-state index in [9.17, 15) is 5.11 Å². The fraction of sp³-hybridized carbons (Fsp3) is 1.00. The molecule has 2 rings (SSSR count). The van der Waals surface area contributed by atoms with Crippen LogP contribution in [0.2, 0.25) is 0 Å². The van der Waals surface area contributed by atoms with E-state index < -0.39 is 0 Å². The molecule has 1 saturated heterocycles. The SMILES string of the molecule is CCNC1(CO)CCCC1CCN(C)CC1CCCCO1. The summed E-state index contributed by atoms with van der Waals surface area (Å²) in [4.78, 5) is 2.42. The van der Waals surface area contributed by atoms with Gasteiger partial charge in [0, 0.05) is 18.7 Å². The Labute approximate surface area is 130 Å². The van der Waals surface area contributed by atoms with Gasteiger partial charge in [0.15, 0.2) is 0 Å². The summed E-state index contributed by atoms with van der Waals surface area (Å²) in [6.45, 7) is 6.47. The van der Waals surface area contributed by atoms with Gasteiger partial charge in [0.05, 0.1) is 12.7 Å². The van der Waals surface area contributed by atoms with Gasteiger partial charge in [0.1, 0.15) is 0 Å². The average molecular weight is 298 g/mol. The van der Waals surface area contributed by atoms with Crippen molar-refractivity contribution in [3.63, 3.8) is 0 Å². The van der Waals surface area contributed by atoms with Crippen molar-refractivity contribution in [3.05, 3.63) is 0 Å². The van der Waals surface area contributed by atoms with Crippen molar-refractivity contribution in [1.29, 1.82) is 0 Å². The fourth-order valence-electron chi connectivity index (χ4n) is 4.18. The van der Waals surface area contributed by atoms with Crippen LogP contribution in [0.25, 0.3) is 0 Å². The van der Waals surface area contributed by atoms with Crippen molar-refractivity contribution in [3.8, 4) is 0 Å². The topological polar surface area (TPSA) is 44.7 Å². The van der Waals surface area contributed by atoms with Gasteiger partial charge in [-0.15, -0.1) is 0 Å². The standard InChI is InChI=1S/C17H34N2O2/c1-3-18-17(14-20)10-6-7-15(17)9-11-19(2)13-16-8-4-5-12-21-16/h15-16,18,20H,3-14H2,1-2H3. The maximum atomic E-state index is 9.85. The highest BCUT2D eigenvalue weighted by Gasteiger charge is 2.41. The lowest BCUT2D eigenvalue weighted by Crippen LogP contribution is -2.52. The van der Waals surface area contributed by atoms with Gasteiger partial charge in [0.25, 0.3) is 0 Å². The van der Waals surface area contributed by atoms with E-state index in [-0.39, 0.29) is 12.1 Å². The van der Waals surface area contributed by atoms with E-state index in [2.05, 4.69) is 24.2 Å². The summed E-state index contributed by atoms with van der Waals surface area (Å²) in [5, 5.41) is 13.4. The second-order valence-corrected chi connectivity index (χ2v) is 6.97. The van der Waals surface area contributed by atoms with Crippen LogP contribution in [0.3, 0.4) is 0 Å². The monoisotopic (exact) mass is 298 g/mol. The Morgan fingerprint density at radius 1 is 1.29 bits per heavy atom. The quantitative estimate of drug-likeness (QED) is 0.719. The molecule has 3 atom stereocenters. The van der Waals surface area contributed by atoms with Crippen LogP contribution in [-0.4, -0.2) is 61.5 Å². The van der Waals surface area contributed by atoms with E-state index in [1.165, 1.54) is 38.5 Å². The minimum absolute atomic E-state index is 0.0169. The first-order valence-electron chi connectivity index (χ1n) is 8.86. The Morgan fingerprint density at radius 2 is 2.14 bits per heavy atom. The number of nitrogens with zero attached hydrogens (tertiary/aromatic N) is 1. The smallest absolute Gasteiger partial charge is 0.0701 e. The van der Waals surface area contributed by atoms with E-state index in [0.717, 1.165) is 32.7 Å². The molecule has 1 aliphatic carbocycles. The predicted molar refractivity (Wildman–Crippen MR) is 86.5 cm³/mol. The van der Waals surface area contributed by atoms with Crippen LogP contribution in [0.4, 0.5) is 0 Å². The molecule has 21 heavy (non-hydrogen) atoms. The van der Waals surface area contributed by atoms with Crippen molar-refractivity contribution in [2.24, 2.45) is 5.92 Å². The lowest BCUT2D eigenvalue weighted by Gasteiger charge is -2.36. The number of hydrogen-bond acceptors (Lipinski definition) is 4. The first-order valence-corrected chi connectivity index (χ1v) is 8.86. The highest BCUT2D eigenvalue weighted by molar-refractivity contribution is 4.98. The maximum absolute atomic E-state index is 9.85. The molecule has 4 nitrogen and oxygen atoms in total. The van der Waals surface area contributed by atoms with Crippen LogP contribution in [0, 0.1) is 5.92 Å². The number of aliphatic hydroxyl groups is 1. The van der Waals surface area contributed by atoms with Crippen molar-refractivity contribution >= 4 is 0 Å². The highest BCUT2D eigenvalue weighted by atomic mass is 16.5. The number of rotatable bonds is 8. The van der Waals surface area contributed by atoms with E-state index in [1.54, 1.807) is 0 Å². The summed E-state index contributed by atoms with van der Waals surface area (Å²) in [7, 11) is 2.21. The highest BCUT2D eigenvalue weighted by Crippen LogP contribution is 2.37. The molecule has 1 aliphatic heterocycles. The van der Waals surface area contributed by atoms with Crippen LogP contribution in [0.1, 0.15) is 51.9 Å². The summed E-state index contributed by atoms with van der Waals surface area (Å²) < 4.78 is 5.83. The average Bonchev–Trinajstić information content (AvgIpc) is 2.90. The van der Waals surface area contributed by atoms with Crippen LogP contribution in [0.15, 0.2) is 0 Å². The molecular weight excluding hydrogens is 264 g/mol. The van der Waals surface area contributed by atoms with E-state index in [0.29, 0.717) is 12.0 Å². The second-order valence-electron chi connectivity index (χ2n) is 6.97. The summed E-state index contributed by atoms with van der Waals surface area (Å²) in [5.74, 6) is 0.608. The van der Waals surface area contributed by atoms with Crippen LogP contribution in [-0.2, 0) is 4.74 Å². The molecule has 4 heteroatoms. The van der Waals surface area contributed by atoms with Crippen molar-refractivity contribution < 1.29 is 9.84 Å². The Morgan fingerprint density at radius 3 is 2.81 bits per heavy atom. The number of nitrogens with one attached hydrogen (secondary N) is 1. The molecule has 3 unspecified atom stereocenters. The molecule has 1 heterocycles. The van der Waals surface area contributed by atoms with Crippen LogP contribution in [0.5, 0.6) is 0 Å². The molecule has 2 N–H and O–H groups in total. The molecule has 0 aromatic carbocycles. The second kappa shape index (κ2) is 8.47. The Kier molecular flexibility index (Phi) is 6.93. The predicted octanol–water partition coefficient (Wildman–Crippen LogP) is 2.02. The number of ether oxygens (including phenoxy) is 1. The van der Waals surface area contributed by atoms with Gasteiger partial charge in [-0.2, -0.15) is 0 Å². The molecule has 2 aliphatic rings. The third-order valence-corrected chi connectivity index (χ3v) is 5.42. The minimum atomic E-state index is -0.0169. The van der Waals surface area contributed by atoms with Gasteiger partial charge in [-0.25, -0.2) is 0 Å².